The lowest BCUT2D eigenvalue weighted by molar-refractivity contribution is -0.149. The summed E-state index contributed by atoms with van der Waals surface area (Å²) >= 11 is 0. The standard InChI is InChI=1S/C14H24N2O4/c1-2-10(7-9-3-4-9)16-14(19)15-8-11-5-6-12(20-11)13(17)18/h9-12H,2-8H2,1H3,(H,17,18)(H2,15,16,19). The molecule has 20 heavy (non-hydrogen) atoms. The van der Waals surface area contributed by atoms with Crippen molar-refractivity contribution in [1.29, 1.82) is 0 Å². The molecule has 1 aliphatic carbocycles. The van der Waals surface area contributed by atoms with E-state index in [4.69, 9.17) is 9.84 Å². The van der Waals surface area contributed by atoms with Crippen molar-refractivity contribution in [3.8, 4) is 0 Å². The van der Waals surface area contributed by atoms with Gasteiger partial charge in [-0.25, -0.2) is 9.59 Å². The molecule has 0 aromatic heterocycles. The number of nitrogens with one attached hydrogen (secondary N) is 2. The number of hydrogen-bond acceptors (Lipinski definition) is 3. The molecule has 3 atom stereocenters. The Morgan fingerprint density at radius 2 is 2.05 bits per heavy atom. The normalized spacial score (nSPS) is 27.1. The molecular weight excluding hydrogens is 260 g/mol. The third-order valence-corrected chi connectivity index (χ3v) is 4.02. The molecule has 2 fully saturated rings. The second-order valence-corrected chi connectivity index (χ2v) is 5.80. The first-order valence-corrected chi connectivity index (χ1v) is 7.51. The Morgan fingerprint density at radius 1 is 1.30 bits per heavy atom. The summed E-state index contributed by atoms with van der Waals surface area (Å²) in [7, 11) is 0. The van der Waals surface area contributed by atoms with Crippen LogP contribution in [0, 0.1) is 5.92 Å². The Hall–Kier alpha value is -1.30. The molecule has 0 spiro atoms. The molecule has 0 radical (unpaired) electrons. The summed E-state index contributed by atoms with van der Waals surface area (Å²) < 4.78 is 5.34. The number of urea groups is 1. The maximum absolute atomic E-state index is 11.8. The predicted octanol–water partition coefficient (Wildman–Crippen LogP) is 1.50. The largest absolute Gasteiger partial charge is 0.479 e. The number of carbonyl (C=O) groups is 2. The number of amides is 2. The molecule has 6 nitrogen and oxygen atoms in total. The lowest BCUT2D eigenvalue weighted by Crippen LogP contribution is -2.44. The average Bonchev–Trinajstić information content (AvgIpc) is 3.09. The zero-order chi connectivity index (χ0) is 14.5. The van der Waals surface area contributed by atoms with Crippen molar-refractivity contribution in [1.82, 2.24) is 10.6 Å². The van der Waals surface area contributed by atoms with Crippen molar-refractivity contribution in [3.63, 3.8) is 0 Å². The van der Waals surface area contributed by atoms with Crippen LogP contribution in [0.25, 0.3) is 0 Å². The summed E-state index contributed by atoms with van der Waals surface area (Å²) in [5.74, 6) is -0.137. The van der Waals surface area contributed by atoms with E-state index in [2.05, 4.69) is 17.6 Å². The number of hydrogen-bond donors (Lipinski definition) is 3. The van der Waals surface area contributed by atoms with Gasteiger partial charge in [-0.05, 0) is 31.6 Å². The molecule has 0 bridgehead atoms. The van der Waals surface area contributed by atoms with Gasteiger partial charge >= 0.3 is 12.0 Å². The fraction of sp³-hybridized carbons (Fsp3) is 0.857. The highest BCUT2D eigenvalue weighted by Crippen LogP contribution is 2.33. The second-order valence-electron chi connectivity index (χ2n) is 5.80. The van der Waals surface area contributed by atoms with Crippen LogP contribution in [0.5, 0.6) is 0 Å². The highest BCUT2D eigenvalue weighted by atomic mass is 16.5. The molecule has 3 N–H and O–H groups in total. The van der Waals surface area contributed by atoms with Gasteiger partial charge in [0.05, 0.1) is 6.10 Å². The Balaban J connectivity index is 1.63. The van der Waals surface area contributed by atoms with Crippen LogP contribution in [0.1, 0.15) is 45.4 Å². The molecule has 1 heterocycles. The van der Waals surface area contributed by atoms with E-state index < -0.39 is 12.1 Å². The number of aliphatic carboxylic acids is 1. The number of rotatable bonds is 7. The summed E-state index contributed by atoms with van der Waals surface area (Å²) in [6.07, 6.45) is 4.85. The smallest absolute Gasteiger partial charge is 0.332 e. The highest BCUT2D eigenvalue weighted by Gasteiger charge is 2.30. The molecule has 2 rings (SSSR count). The van der Waals surface area contributed by atoms with Gasteiger partial charge in [-0.3, -0.25) is 0 Å². The summed E-state index contributed by atoms with van der Waals surface area (Å²) in [6, 6.07) is 0.0543. The Labute approximate surface area is 119 Å². The Kier molecular flexibility index (Phi) is 5.23. The van der Waals surface area contributed by atoms with Crippen molar-refractivity contribution < 1.29 is 19.4 Å². The van der Waals surface area contributed by atoms with Gasteiger partial charge in [-0.2, -0.15) is 0 Å². The van der Waals surface area contributed by atoms with Crippen LogP contribution in [0.2, 0.25) is 0 Å². The zero-order valence-electron chi connectivity index (χ0n) is 11.9. The first-order chi connectivity index (χ1) is 9.58. The van der Waals surface area contributed by atoms with Gasteiger partial charge in [0.2, 0.25) is 0 Å². The van der Waals surface area contributed by atoms with E-state index in [1.165, 1.54) is 12.8 Å². The van der Waals surface area contributed by atoms with E-state index in [1.54, 1.807) is 0 Å². The third kappa shape index (κ3) is 4.67. The van der Waals surface area contributed by atoms with E-state index in [9.17, 15) is 9.59 Å². The molecule has 0 aromatic rings. The van der Waals surface area contributed by atoms with E-state index in [1.807, 2.05) is 0 Å². The lowest BCUT2D eigenvalue weighted by atomic mass is 10.1. The van der Waals surface area contributed by atoms with Gasteiger partial charge in [0.15, 0.2) is 6.10 Å². The van der Waals surface area contributed by atoms with Gasteiger partial charge in [0, 0.05) is 12.6 Å². The minimum atomic E-state index is -0.924. The average molecular weight is 284 g/mol. The van der Waals surface area contributed by atoms with Crippen molar-refractivity contribution >= 4 is 12.0 Å². The number of carboxylic acid groups (broad SMARTS) is 1. The topological polar surface area (TPSA) is 87.7 Å². The van der Waals surface area contributed by atoms with Gasteiger partial charge in [-0.15, -0.1) is 0 Å². The predicted molar refractivity (Wildman–Crippen MR) is 73.5 cm³/mol. The molecule has 3 unspecified atom stereocenters. The maximum atomic E-state index is 11.8. The van der Waals surface area contributed by atoms with Crippen LogP contribution in [0.4, 0.5) is 4.79 Å². The number of ether oxygens (including phenoxy) is 1. The minimum absolute atomic E-state index is 0.181. The zero-order valence-corrected chi connectivity index (χ0v) is 11.9. The van der Waals surface area contributed by atoms with Crippen molar-refractivity contribution in [2.45, 2.75) is 63.7 Å². The minimum Gasteiger partial charge on any atom is -0.479 e. The molecule has 114 valence electrons. The Bertz CT molecular complexity index is 357. The molecule has 0 aromatic carbocycles. The van der Waals surface area contributed by atoms with Gasteiger partial charge in [-0.1, -0.05) is 19.8 Å². The highest BCUT2D eigenvalue weighted by molar-refractivity contribution is 5.74. The van der Waals surface area contributed by atoms with Gasteiger partial charge < -0.3 is 20.5 Å². The van der Waals surface area contributed by atoms with Crippen LogP contribution in [-0.2, 0) is 9.53 Å². The Morgan fingerprint density at radius 3 is 2.60 bits per heavy atom. The third-order valence-electron chi connectivity index (χ3n) is 4.02. The first kappa shape index (κ1) is 15.1. The maximum Gasteiger partial charge on any atom is 0.332 e. The van der Waals surface area contributed by atoms with Crippen LogP contribution < -0.4 is 10.6 Å². The second kappa shape index (κ2) is 6.92. The molecule has 1 saturated heterocycles. The molecule has 1 saturated carbocycles. The van der Waals surface area contributed by atoms with Gasteiger partial charge in [0.25, 0.3) is 0 Å². The van der Waals surface area contributed by atoms with E-state index in [0.717, 1.165) is 18.8 Å². The van der Waals surface area contributed by atoms with Crippen LogP contribution in [0.3, 0.4) is 0 Å². The van der Waals surface area contributed by atoms with Crippen LogP contribution >= 0.6 is 0 Å². The number of carboxylic acids is 1. The monoisotopic (exact) mass is 284 g/mol. The van der Waals surface area contributed by atoms with E-state index in [-0.39, 0.29) is 18.2 Å². The lowest BCUT2D eigenvalue weighted by Gasteiger charge is -2.18. The summed E-state index contributed by atoms with van der Waals surface area (Å²) in [6.45, 7) is 2.44. The summed E-state index contributed by atoms with van der Waals surface area (Å²) in [5, 5.41) is 14.6. The van der Waals surface area contributed by atoms with Crippen molar-refractivity contribution in [3.05, 3.63) is 0 Å². The molecule has 1 aliphatic heterocycles. The van der Waals surface area contributed by atoms with Crippen molar-refractivity contribution in [2.75, 3.05) is 6.54 Å². The van der Waals surface area contributed by atoms with Crippen molar-refractivity contribution in [2.24, 2.45) is 5.92 Å². The first-order valence-electron chi connectivity index (χ1n) is 7.51. The molecule has 6 heteroatoms. The molecule has 2 amide bonds. The van der Waals surface area contributed by atoms with E-state index in [0.29, 0.717) is 19.4 Å². The van der Waals surface area contributed by atoms with E-state index >= 15 is 0 Å². The SMILES string of the molecule is CCC(CC1CC1)NC(=O)NCC1CCC(C(=O)O)O1. The summed E-state index contributed by atoms with van der Waals surface area (Å²) in [5.41, 5.74) is 0. The van der Waals surface area contributed by atoms with Crippen LogP contribution in [-0.4, -0.2) is 41.9 Å². The fourth-order valence-electron chi connectivity index (χ4n) is 2.56. The fourth-order valence-corrected chi connectivity index (χ4v) is 2.56. The molecular formula is C14H24N2O4. The van der Waals surface area contributed by atoms with Gasteiger partial charge in [0.1, 0.15) is 0 Å². The molecule has 2 aliphatic rings. The quantitative estimate of drug-likeness (QED) is 0.661. The van der Waals surface area contributed by atoms with Crippen LogP contribution in [0.15, 0.2) is 0 Å². The summed E-state index contributed by atoms with van der Waals surface area (Å²) in [4.78, 5) is 22.5. The number of carbonyl (C=O) groups excluding carboxylic acids is 1.